The Morgan fingerprint density at radius 2 is 1.55 bits per heavy atom. The predicted octanol–water partition coefficient (Wildman–Crippen LogP) is 2.69. The molecule has 1 N–H and O–H groups in total. The topological polar surface area (TPSA) is 147 Å². The number of hydrogen-bond acceptors (Lipinski definition) is 8. The van der Waals surface area contributed by atoms with Crippen molar-refractivity contribution < 1.29 is 19.1 Å². The molecule has 1 atom stereocenters. The van der Waals surface area contributed by atoms with Gasteiger partial charge in [-0.05, 0) is 36.8 Å². The molecular weight excluding hydrogens is 422 g/mol. The minimum Gasteiger partial charge on any atom is -0.464 e. The average molecular weight is 439 g/mol. The lowest BCUT2D eigenvalue weighted by Gasteiger charge is -2.24. The molecule has 2 amide bonds. The summed E-state index contributed by atoms with van der Waals surface area (Å²) in [6.45, 7) is 1.72. The van der Waals surface area contributed by atoms with E-state index < -0.39 is 23.8 Å². The van der Waals surface area contributed by atoms with E-state index in [1.54, 1.807) is 61.5 Å². The van der Waals surface area contributed by atoms with Gasteiger partial charge in [-0.2, -0.15) is 15.8 Å². The molecule has 3 rings (SSSR count). The summed E-state index contributed by atoms with van der Waals surface area (Å²) >= 11 is 0. The third-order valence-corrected chi connectivity index (χ3v) is 4.93. The van der Waals surface area contributed by atoms with Crippen molar-refractivity contribution >= 4 is 23.5 Å². The Morgan fingerprint density at radius 3 is 2.03 bits per heavy atom. The van der Waals surface area contributed by atoms with Crippen molar-refractivity contribution in [2.75, 3.05) is 11.9 Å². The second-order valence-electron chi connectivity index (χ2n) is 6.91. The fourth-order valence-electron chi connectivity index (χ4n) is 3.38. The Kier molecular flexibility index (Phi) is 6.83. The Labute approximate surface area is 189 Å². The molecule has 9 nitrogen and oxygen atoms in total. The predicted molar refractivity (Wildman–Crippen MR) is 115 cm³/mol. The molecule has 33 heavy (non-hydrogen) atoms. The summed E-state index contributed by atoms with van der Waals surface area (Å²) in [5.41, 5.74) is 0.985. The number of ether oxygens (including phenoxy) is 1. The molecule has 0 aliphatic carbocycles. The molecule has 0 spiro atoms. The van der Waals surface area contributed by atoms with Gasteiger partial charge in [-0.15, -0.1) is 0 Å². The maximum Gasteiger partial charge on any atom is 0.329 e. The molecule has 2 aromatic rings. The van der Waals surface area contributed by atoms with Crippen LogP contribution >= 0.6 is 0 Å². The van der Waals surface area contributed by atoms with Crippen molar-refractivity contribution in [1.82, 2.24) is 4.90 Å². The molecule has 1 heterocycles. The first kappa shape index (κ1) is 22.7. The highest BCUT2D eigenvalue weighted by molar-refractivity contribution is 6.22. The smallest absolute Gasteiger partial charge is 0.329 e. The van der Waals surface area contributed by atoms with Gasteiger partial charge in [0.15, 0.2) is 5.57 Å². The summed E-state index contributed by atoms with van der Waals surface area (Å²) in [7, 11) is 0. The van der Waals surface area contributed by atoms with Gasteiger partial charge in [0.05, 0.1) is 17.7 Å². The van der Waals surface area contributed by atoms with Crippen LogP contribution in [0, 0.1) is 34.0 Å². The Bertz CT molecular complexity index is 1220. The number of nitrogens with zero attached hydrogens (tertiary/aromatic N) is 4. The third kappa shape index (κ3) is 4.56. The van der Waals surface area contributed by atoms with Crippen molar-refractivity contribution in [1.29, 1.82) is 15.8 Å². The standard InChI is InChI=1S/C24H17N5O4/c1-2-33-24(32)21(29-22(30)18-5-3-4-6-19(18)23(29)31)11-15-7-9-17(10-8-15)28-20(14-27)16(12-25)13-26/h3-10,21,28H,2,11H2,1H3. The maximum absolute atomic E-state index is 12.9. The van der Waals surface area contributed by atoms with Crippen LogP contribution in [0.2, 0.25) is 0 Å². The fourth-order valence-corrected chi connectivity index (χ4v) is 3.38. The van der Waals surface area contributed by atoms with Gasteiger partial charge in [0.2, 0.25) is 0 Å². The van der Waals surface area contributed by atoms with Crippen LogP contribution in [0.4, 0.5) is 5.69 Å². The van der Waals surface area contributed by atoms with E-state index in [-0.39, 0.29) is 35.4 Å². The molecule has 0 aromatic heterocycles. The molecular formula is C24H17N5O4. The largest absolute Gasteiger partial charge is 0.464 e. The zero-order valence-corrected chi connectivity index (χ0v) is 17.5. The lowest BCUT2D eigenvalue weighted by molar-refractivity contribution is -0.147. The summed E-state index contributed by atoms with van der Waals surface area (Å²) in [6, 6.07) is 16.7. The van der Waals surface area contributed by atoms with Crippen molar-refractivity contribution in [3.05, 3.63) is 76.5 Å². The van der Waals surface area contributed by atoms with Gasteiger partial charge in [0.25, 0.3) is 11.8 Å². The summed E-state index contributed by atoms with van der Waals surface area (Å²) in [4.78, 5) is 39.4. The molecule has 0 fully saturated rings. The molecule has 9 heteroatoms. The Hall–Kier alpha value is -4.94. The number of anilines is 1. The lowest BCUT2D eigenvalue weighted by atomic mass is 10.0. The number of benzene rings is 2. The second-order valence-corrected chi connectivity index (χ2v) is 6.91. The summed E-state index contributed by atoms with van der Waals surface area (Å²) in [5, 5.41) is 29.7. The molecule has 162 valence electrons. The van der Waals surface area contributed by atoms with Crippen molar-refractivity contribution in [3.63, 3.8) is 0 Å². The van der Waals surface area contributed by atoms with Gasteiger partial charge in [-0.3, -0.25) is 14.5 Å². The number of imide groups is 1. The van der Waals surface area contributed by atoms with Crippen molar-refractivity contribution in [2.24, 2.45) is 0 Å². The Morgan fingerprint density at radius 1 is 0.970 bits per heavy atom. The molecule has 0 saturated heterocycles. The van der Waals surface area contributed by atoms with Crippen LogP contribution in [0.1, 0.15) is 33.2 Å². The quantitative estimate of drug-likeness (QED) is 0.393. The number of rotatable bonds is 7. The molecule has 1 aliphatic rings. The van der Waals surface area contributed by atoms with Gasteiger partial charge in [-0.1, -0.05) is 24.3 Å². The number of esters is 1. The maximum atomic E-state index is 12.9. The van der Waals surface area contributed by atoms with Gasteiger partial charge < -0.3 is 10.1 Å². The highest BCUT2D eigenvalue weighted by atomic mass is 16.5. The Balaban J connectivity index is 1.86. The number of carbonyl (C=O) groups is 3. The van der Waals surface area contributed by atoms with Crippen LogP contribution in [-0.2, 0) is 16.0 Å². The fraction of sp³-hybridized carbons (Fsp3) is 0.167. The minimum atomic E-state index is -1.16. The number of amides is 2. The van der Waals surface area contributed by atoms with E-state index in [2.05, 4.69) is 5.32 Å². The van der Waals surface area contributed by atoms with E-state index in [1.165, 1.54) is 12.1 Å². The minimum absolute atomic E-state index is 0.0210. The first-order valence-corrected chi connectivity index (χ1v) is 9.89. The van der Waals surface area contributed by atoms with Crippen LogP contribution < -0.4 is 5.32 Å². The molecule has 1 aliphatic heterocycles. The number of fused-ring (bicyclic) bond motifs is 1. The van der Waals surface area contributed by atoms with Gasteiger partial charge in [0, 0.05) is 12.1 Å². The number of hydrogen-bond donors (Lipinski definition) is 1. The van der Waals surface area contributed by atoms with Crippen molar-refractivity contribution in [3.8, 4) is 18.2 Å². The van der Waals surface area contributed by atoms with E-state index in [9.17, 15) is 14.4 Å². The second kappa shape index (κ2) is 9.91. The number of nitriles is 3. The van der Waals surface area contributed by atoms with E-state index in [1.807, 2.05) is 0 Å². The van der Waals surface area contributed by atoms with E-state index in [0.717, 1.165) is 4.90 Å². The van der Waals surface area contributed by atoms with Crippen LogP contribution in [0.5, 0.6) is 0 Å². The van der Waals surface area contributed by atoms with Crippen molar-refractivity contribution in [2.45, 2.75) is 19.4 Å². The summed E-state index contributed by atoms with van der Waals surface area (Å²) < 4.78 is 5.13. The number of carbonyl (C=O) groups excluding carboxylic acids is 3. The van der Waals surface area contributed by atoms with Crippen LogP contribution in [0.3, 0.4) is 0 Å². The van der Waals surface area contributed by atoms with E-state index >= 15 is 0 Å². The normalized spacial score (nSPS) is 12.6. The highest BCUT2D eigenvalue weighted by Crippen LogP contribution is 2.27. The average Bonchev–Trinajstić information content (AvgIpc) is 3.08. The molecule has 0 radical (unpaired) electrons. The monoisotopic (exact) mass is 439 g/mol. The highest BCUT2D eigenvalue weighted by Gasteiger charge is 2.43. The first-order chi connectivity index (χ1) is 15.9. The summed E-state index contributed by atoms with van der Waals surface area (Å²) in [5.74, 6) is -1.82. The van der Waals surface area contributed by atoms with Gasteiger partial charge in [-0.25, -0.2) is 4.79 Å². The van der Waals surface area contributed by atoms with Crippen LogP contribution in [-0.4, -0.2) is 35.3 Å². The van der Waals surface area contributed by atoms with Crippen LogP contribution in [0.25, 0.3) is 0 Å². The third-order valence-electron chi connectivity index (χ3n) is 4.93. The van der Waals surface area contributed by atoms with E-state index in [0.29, 0.717) is 11.3 Å². The van der Waals surface area contributed by atoms with Crippen LogP contribution in [0.15, 0.2) is 59.8 Å². The number of allylic oxidation sites excluding steroid dienone is 2. The molecule has 0 saturated carbocycles. The molecule has 0 bridgehead atoms. The number of nitrogens with one attached hydrogen (secondary N) is 1. The zero-order chi connectivity index (χ0) is 24.0. The summed E-state index contributed by atoms with van der Waals surface area (Å²) in [6.07, 6.45) is 0.0210. The SMILES string of the molecule is CCOC(=O)C(Cc1ccc(NC(C#N)=C(C#N)C#N)cc1)N1C(=O)c2ccccc2C1=O. The zero-order valence-electron chi connectivity index (χ0n) is 17.5. The van der Waals surface area contributed by atoms with Gasteiger partial charge >= 0.3 is 5.97 Å². The lowest BCUT2D eigenvalue weighted by Crippen LogP contribution is -2.47. The first-order valence-electron chi connectivity index (χ1n) is 9.89. The molecule has 2 aromatic carbocycles. The van der Waals surface area contributed by atoms with E-state index in [4.69, 9.17) is 20.5 Å². The molecule has 1 unspecified atom stereocenters. The van der Waals surface area contributed by atoms with Gasteiger partial charge in [0.1, 0.15) is 29.9 Å².